The smallest absolute Gasteiger partial charge is 0.308 e. The van der Waals surface area contributed by atoms with Crippen molar-refractivity contribution in [1.29, 1.82) is 0 Å². The van der Waals surface area contributed by atoms with E-state index < -0.39 is 29.5 Å². The molecule has 8 heteroatoms. The molecule has 2 aromatic rings. The first kappa shape index (κ1) is 19.8. The van der Waals surface area contributed by atoms with Gasteiger partial charge in [-0.2, -0.15) is 0 Å². The Morgan fingerprint density at radius 1 is 1.21 bits per heavy atom. The normalized spacial score (nSPS) is 16.6. The number of carbonyl (C=O) groups is 3. The fourth-order valence-corrected chi connectivity index (χ4v) is 3.75. The first-order valence-corrected chi connectivity index (χ1v) is 9.41. The van der Waals surface area contributed by atoms with Crippen LogP contribution >= 0.6 is 11.3 Å². The van der Waals surface area contributed by atoms with E-state index in [1.165, 1.54) is 30.3 Å². The van der Waals surface area contributed by atoms with Crippen molar-refractivity contribution in [2.75, 3.05) is 20.3 Å². The molecule has 0 bridgehead atoms. The largest absolute Gasteiger partial charge is 0.503 e. The number of hydrogen-bond donors (Lipinski definition) is 1. The highest BCUT2D eigenvalue weighted by Gasteiger charge is 2.43. The summed E-state index contributed by atoms with van der Waals surface area (Å²) < 4.78 is 10.1. The third-order valence-corrected chi connectivity index (χ3v) is 5.16. The Morgan fingerprint density at radius 2 is 1.93 bits per heavy atom. The standard InChI is InChI=1S/C20H19NO6S/c1-12(22)27-14-7-5-13(6-8-14)17-16(18(23)15-4-3-11-28-15)19(24)20(25)21(17)9-10-26-2/h3-8,11,17,24H,9-10H2,1-2H3. The van der Waals surface area contributed by atoms with Crippen molar-refractivity contribution in [3.63, 3.8) is 0 Å². The van der Waals surface area contributed by atoms with Gasteiger partial charge in [-0.1, -0.05) is 18.2 Å². The minimum Gasteiger partial charge on any atom is -0.503 e. The number of carbonyl (C=O) groups excluding carboxylic acids is 3. The molecule has 0 aliphatic carbocycles. The number of ketones is 1. The molecule has 7 nitrogen and oxygen atoms in total. The number of nitrogens with zero attached hydrogens (tertiary/aromatic N) is 1. The van der Waals surface area contributed by atoms with Gasteiger partial charge in [0.05, 0.1) is 23.1 Å². The van der Waals surface area contributed by atoms with Crippen LogP contribution in [0, 0.1) is 0 Å². The molecule has 0 saturated carbocycles. The molecule has 0 saturated heterocycles. The summed E-state index contributed by atoms with van der Waals surface area (Å²) in [5.41, 5.74) is 0.646. The average Bonchev–Trinajstić information content (AvgIpc) is 3.28. The molecule has 1 amide bonds. The zero-order valence-corrected chi connectivity index (χ0v) is 16.2. The second kappa shape index (κ2) is 8.37. The van der Waals surface area contributed by atoms with Crippen molar-refractivity contribution in [2.24, 2.45) is 0 Å². The second-order valence-corrected chi connectivity index (χ2v) is 7.07. The predicted octanol–water partition coefficient (Wildman–Crippen LogP) is 2.90. The quantitative estimate of drug-likeness (QED) is 0.436. The van der Waals surface area contributed by atoms with Crippen LogP contribution in [0.25, 0.3) is 0 Å². The molecule has 1 aliphatic heterocycles. The number of esters is 1. The minimum atomic E-state index is -0.761. The van der Waals surface area contributed by atoms with Gasteiger partial charge in [0.15, 0.2) is 5.76 Å². The maximum atomic E-state index is 13.0. The Bertz CT molecular complexity index is 917. The lowest BCUT2D eigenvalue weighted by Crippen LogP contribution is -2.33. The fourth-order valence-electron chi connectivity index (χ4n) is 3.08. The number of methoxy groups -OCH3 is 1. The van der Waals surface area contributed by atoms with Gasteiger partial charge in [-0.25, -0.2) is 0 Å². The molecule has 0 spiro atoms. The number of rotatable bonds is 7. The number of hydrogen-bond acceptors (Lipinski definition) is 7. The minimum absolute atomic E-state index is 0.0313. The van der Waals surface area contributed by atoms with E-state index in [4.69, 9.17) is 9.47 Å². The molecule has 0 radical (unpaired) electrons. The third-order valence-electron chi connectivity index (χ3n) is 4.29. The molecule has 28 heavy (non-hydrogen) atoms. The topological polar surface area (TPSA) is 93.1 Å². The molecule has 1 unspecified atom stereocenters. The van der Waals surface area contributed by atoms with E-state index in [9.17, 15) is 19.5 Å². The van der Waals surface area contributed by atoms with Crippen molar-refractivity contribution in [2.45, 2.75) is 13.0 Å². The predicted molar refractivity (Wildman–Crippen MR) is 102 cm³/mol. The third kappa shape index (κ3) is 3.83. The molecule has 1 atom stereocenters. The van der Waals surface area contributed by atoms with E-state index in [-0.39, 0.29) is 18.7 Å². The summed E-state index contributed by atoms with van der Waals surface area (Å²) >= 11 is 1.24. The Labute approximate surface area is 165 Å². The Kier molecular flexibility index (Phi) is 5.91. The van der Waals surface area contributed by atoms with Crippen LogP contribution in [0.3, 0.4) is 0 Å². The van der Waals surface area contributed by atoms with Crippen molar-refractivity contribution >= 4 is 29.0 Å². The maximum Gasteiger partial charge on any atom is 0.308 e. The van der Waals surface area contributed by atoms with E-state index in [0.29, 0.717) is 16.2 Å². The van der Waals surface area contributed by atoms with Gasteiger partial charge >= 0.3 is 5.97 Å². The number of benzene rings is 1. The van der Waals surface area contributed by atoms with Crippen molar-refractivity contribution in [3.05, 3.63) is 63.6 Å². The first-order valence-electron chi connectivity index (χ1n) is 8.53. The summed E-state index contributed by atoms with van der Waals surface area (Å²) in [7, 11) is 1.51. The van der Waals surface area contributed by atoms with Gasteiger partial charge in [-0.3, -0.25) is 14.4 Å². The average molecular weight is 401 g/mol. The molecule has 1 aromatic carbocycles. The van der Waals surface area contributed by atoms with Crippen molar-refractivity contribution in [1.82, 2.24) is 4.90 Å². The van der Waals surface area contributed by atoms with Crippen LogP contribution in [-0.4, -0.2) is 47.9 Å². The fraction of sp³-hybridized carbons (Fsp3) is 0.250. The maximum absolute atomic E-state index is 13.0. The summed E-state index contributed by atoms with van der Waals surface area (Å²) in [5, 5.41) is 12.2. The highest BCUT2D eigenvalue weighted by atomic mass is 32.1. The van der Waals surface area contributed by atoms with E-state index in [2.05, 4.69) is 0 Å². The summed E-state index contributed by atoms with van der Waals surface area (Å²) in [6, 6.07) is 9.11. The highest BCUT2D eigenvalue weighted by molar-refractivity contribution is 7.12. The van der Waals surface area contributed by atoms with Crippen LogP contribution in [0.5, 0.6) is 5.75 Å². The lowest BCUT2D eigenvalue weighted by molar-refractivity contribution is -0.132. The Balaban J connectivity index is 2.01. The molecular formula is C20H19NO6S. The molecular weight excluding hydrogens is 382 g/mol. The van der Waals surface area contributed by atoms with Crippen LogP contribution in [0.2, 0.25) is 0 Å². The van der Waals surface area contributed by atoms with Crippen molar-refractivity contribution < 1.29 is 29.0 Å². The van der Waals surface area contributed by atoms with Gasteiger partial charge in [-0.15, -0.1) is 11.3 Å². The second-order valence-electron chi connectivity index (χ2n) is 6.13. The summed E-state index contributed by atoms with van der Waals surface area (Å²) in [6.45, 7) is 1.76. The van der Waals surface area contributed by atoms with E-state index in [1.807, 2.05) is 0 Å². The Hall–Kier alpha value is -2.97. The zero-order valence-electron chi connectivity index (χ0n) is 15.4. The number of Topliss-reactive ketones (excluding diaryl/α,β-unsaturated/α-hetero) is 1. The summed E-state index contributed by atoms with van der Waals surface area (Å²) in [4.78, 5) is 38.6. The van der Waals surface area contributed by atoms with Crippen molar-refractivity contribution in [3.8, 4) is 5.75 Å². The lowest BCUT2D eigenvalue weighted by atomic mass is 9.95. The molecule has 146 valence electrons. The number of thiophene rings is 1. The molecule has 1 aromatic heterocycles. The van der Waals surface area contributed by atoms with Gasteiger partial charge in [0.1, 0.15) is 5.75 Å². The summed E-state index contributed by atoms with van der Waals surface area (Å²) in [6.07, 6.45) is 0. The van der Waals surface area contributed by atoms with E-state index in [1.54, 1.807) is 41.8 Å². The summed E-state index contributed by atoms with van der Waals surface area (Å²) in [5.74, 6) is -1.66. The number of aliphatic hydroxyl groups is 1. The zero-order chi connectivity index (χ0) is 20.3. The number of amides is 1. The van der Waals surface area contributed by atoms with E-state index in [0.717, 1.165) is 0 Å². The van der Waals surface area contributed by atoms with Crippen LogP contribution < -0.4 is 4.74 Å². The molecule has 3 rings (SSSR count). The van der Waals surface area contributed by atoms with Crippen LogP contribution in [0.1, 0.15) is 28.2 Å². The monoisotopic (exact) mass is 401 g/mol. The van der Waals surface area contributed by atoms with Crippen LogP contribution in [-0.2, 0) is 14.3 Å². The Morgan fingerprint density at radius 3 is 2.50 bits per heavy atom. The van der Waals surface area contributed by atoms with Gasteiger partial charge in [-0.05, 0) is 29.1 Å². The number of ether oxygens (including phenoxy) is 2. The van der Waals surface area contributed by atoms with Gasteiger partial charge in [0, 0.05) is 20.6 Å². The SMILES string of the molecule is COCCN1C(=O)C(O)=C(C(=O)c2cccs2)C1c1ccc(OC(C)=O)cc1. The first-order chi connectivity index (χ1) is 13.4. The van der Waals surface area contributed by atoms with Crippen LogP contribution in [0.4, 0.5) is 0 Å². The van der Waals surface area contributed by atoms with Gasteiger partial charge in [0.25, 0.3) is 5.91 Å². The molecule has 2 heterocycles. The van der Waals surface area contributed by atoms with Crippen LogP contribution in [0.15, 0.2) is 53.1 Å². The van der Waals surface area contributed by atoms with E-state index >= 15 is 0 Å². The lowest BCUT2D eigenvalue weighted by Gasteiger charge is -2.26. The van der Waals surface area contributed by atoms with Gasteiger partial charge in [0.2, 0.25) is 5.78 Å². The van der Waals surface area contributed by atoms with Gasteiger partial charge < -0.3 is 19.5 Å². The molecule has 1 N–H and O–H groups in total. The molecule has 0 fully saturated rings. The molecule has 1 aliphatic rings. The number of aliphatic hydroxyl groups excluding tert-OH is 1. The highest BCUT2D eigenvalue weighted by Crippen LogP contribution is 2.39.